The van der Waals surface area contributed by atoms with Gasteiger partial charge in [-0.3, -0.25) is 9.59 Å². The van der Waals surface area contributed by atoms with Crippen molar-refractivity contribution >= 4 is 14.2 Å². The molecule has 1 aromatic rings. The summed E-state index contributed by atoms with van der Waals surface area (Å²) in [6.07, 6.45) is 2.20. The highest BCUT2D eigenvalue weighted by atomic mass is 28.4. The highest BCUT2D eigenvalue weighted by Crippen LogP contribution is 2.36. The molecule has 124 valence electrons. The van der Waals surface area contributed by atoms with Crippen molar-refractivity contribution in [1.29, 1.82) is 0 Å². The van der Waals surface area contributed by atoms with Crippen LogP contribution in [-0.4, -0.2) is 31.9 Å². The molecule has 0 saturated carbocycles. The molecule has 1 heterocycles. The van der Waals surface area contributed by atoms with E-state index in [1.54, 1.807) is 12.3 Å². The van der Waals surface area contributed by atoms with Crippen LogP contribution in [-0.2, 0) is 15.6 Å². The third-order valence-corrected chi connectivity index (χ3v) is 8.68. The topological polar surface area (TPSA) is 71.2 Å². The van der Waals surface area contributed by atoms with Gasteiger partial charge in [0, 0.05) is 19.2 Å². The van der Waals surface area contributed by atoms with Crippen LogP contribution in [0.15, 0.2) is 23.1 Å². The van der Waals surface area contributed by atoms with E-state index >= 15 is 0 Å². The van der Waals surface area contributed by atoms with Gasteiger partial charge in [-0.15, -0.1) is 0 Å². The number of amides is 1. The number of aromatic nitrogens is 1. The van der Waals surface area contributed by atoms with Crippen molar-refractivity contribution in [2.45, 2.75) is 58.3 Å². The largest absolute Gasteiger partial charge is 0.415 e. The van der Waals surface area contributed by atoms with Crippen LogP contribution in [0.1, 0.15) is 33.3 Å². The summed E-state index contributed by atoms with van der Waals surface area (Å²) in [6.45, 7) is 12.9. The van der Waals surface area contributed by atoms with E-state index in [0.29, 0.717) is 13.0 Å². The maximum Gasteiger partial charge on any atom is 0.248 e. The molecular weight excluding hydrogens is 296 g/mol. The smallest absolute Gasteiger partial charge is 0.248 e. The summed E-state index contributed by atoms with van der Waals surface area (Å²) in [4.78, 5) is 25.4. The van der Waals surface area contributed by atoms with Gasteiger partial charge in [-0.1, -0.05) is 20.8 Å². The molecule has 6 heteroatoms. The van der Waals surface area contributed by atoms with Crippen molar-refractivity contribution in [3.63, 3.8) is 0 Å². The number of carbonyl (C=O) groups excluding carboxylic acids is 1. The average Bonchev–Trinajstić information content (AvgIpc) is 2.34. The number of hydrogen-bond donors (Lipinski definition) is 2. The van der Waals surface area contributed by atoms with E-state index in [4.69, 9.17) is 4.43 Å². The van der Waals surface area contributed by atoms with Crippen molar-refractivity contribution in [3.05, 3.63) is 34.2 Å². The lowest BCUT2D eigenvalue weighted by atomic mass is 10.1. The van der Waals surface area contributed by atoms with E-state index < -0.39 is 8.32 Å². The van der Waals surface area contributed by atoms with Gasteiger partial charge in [0.2, 0.25) is 11.5 Å². The second-order valence-corrected chi connectivity index (χ2v) is 12.0. The molecule has 0 saturated heterocycles. The minimum absolute atomic E-state index is 0.0892. The first-order valence-electron chi connectivity index (χ1n) is 7.60. The molecule has 0 fully saturated rings. The number of nitrogens with one attached hydrogen (secondary N) is 2. The molecule has 0 aliphatic carbocycles. The molecular formula is C16H28N2O3Si. The number of hydrogen-bond acceptors (Lipinski definition) is 3. The Morgan fingerprint density at radius 2 is 2.05 bits per heavy atom. The molecule has 0 aromatic carbocycles. The van der Waals surface area contributed by atoms with Crippen molar-refractivity contribution in [2.24, 2.45) is 0 Å². The van der Waals surface area contributed by atoms with E-state index in [-0.39, 0.29) is 22.5 Å². The Hall–Kier alpha value is -1.40. The van der Waals surface area contributed by atoms with Gasteiger partial charge in [0.1, 0.15) is 0 Å². The second kappa shape index (κ2) is 7.24. The van der Waals surface area contributed by atoms with E-state index in [9.17, 15) is 9.59 Å². The third kappa shape index (κ3) is 5.77. The summed E-state index contributed by atoms with van der Waals surface area (Å²) in [5.74, 6) is -0.0892. The predicted octanol–water partition coefficient (Wildman–Crippen LogP) is 2.44. The van der Waals surface area contributed by atoms with Crippen LogP contribution in [0.3, 0.4) is 0 Å². The van der Waals surface area contributed by atoms with Gasteiger partial charge in [-0.25, -0.2) is 0 Å². The first-order chi connectivity index (χ1) is 10.0. The molecule has 0 aliphatic rings. The minimum Gasteiger partial charge on any atom is -0.415 e. The standard InChI is InChI=1S/C16H28N2O3Si/c1-12(19)18-14(9-13-7-8-17-15(20)10-13)11-21-22(5,6)16(2,3)4/h7-8,10,14H,9,11H2,1-6H3,(H,17,20)(H,18,19). The summed E-state index contributed by atoms with van der Waals surface area (Å²) >= 11 is 0. The fraction of sp³-hybridized carbons (Fsp3) is 0.625. The molecule has 0 aliphatic heterocycles. The average molecular weight is 324 g/mol. The lowest BCUT2D eigenvalue weighted by Gasteiger charge is -2.37. The summed E-state index contributed by atoms with van der Waals surface area (Å²) < 4.78 is 6.20. The monoisotopic (exact) mass is 324 g/mol. The summed E-state index contributed by atoms with van der Waals surface area (Å²) in [7, 11) is -1.87. The summed E-state index contributed by atoms with van der Waals surface area (Å²) in [6, 6.07) is 3.28. The Morgan fingerprint density at radius 1 is 1.41 bits per heavy atom. The molecule has 0 bridgehead atoms. The highest BCUT2D eigenvalue weighted by molar-refractivity contribution is 6.74. The number of rotatable bonds is 6. The van der Waals surface area contributed by atoms with Crippen molar-refractivity contribution in [2.75, 3.05) is 6.61 Å². The van der Waals surface area contributed by atoms with Gasteiger partial charge < -0.3 is 14.7 Å². The Kier molecular flexibility index (Phi) is 6.14. The van der Waals surface area contributed by atoms with Crippen molar-refractivity contribution < 1.29 is 9.22 Å². The lowest BCUT2D eigenvalue weighted by Crippen LogP contribution is -2.46. The fourth-order valence-electron chi connectivity index (χ4n) is 1.86. The third-order valence-electron chi connectivity index (χ3n) is 4.18. The fourth-order valence-corrected chi connectivity index (χ4v) is 2.92. The van der Waals surface area contributed by atoms with Gasteiger partial charge in [0.15, 0.2) is 8.32 Å². The summed E-state index contributed by atoms with van der Waals surface area (Å²) in [5, 5.41) is 3.04. The molecule has 1 atom stereocenters. The van der Waals surface area contributed by atoms with Crippen LogP contribution in [0, 0.1) is 0 Å². The van der Waals surface area contributed by atoms with Crippen molar-refractivity contribution in [1.82, 2.24) is 10.3 Å². The lowest BCUT2D eigenvalue weighted by molar-refractivity contribution is -0.119. The Balaban J connectivity index is 2.77. The van der Waals surface area contributed by atoms with Gasteiger partial charge >= 0.3 is 0 Å². The highest BCUT2D eigenvalue weighted by Gasteiger charge is 2.37. The SMILES string of the molecule is CC(=O)NC(CO[Si](C)(C)C(C)(C)C)Cc1cc[nH]c(=O)c1. The quantitative estimate of drug-likeness (QED) is 0.790. The molecule has 22 heavy (non-hydrogen) atoms. The van der Waals surface area contributed by atoms with Gasteiger partial charge in [-0.2, -0.15) is 0 Å². The van der Waals surface area contributed by atoms with Crippen LogP contribution < -0.4 is 10.9 Å². The second-order valence-electron chi connectivity index (χ2n) is 7.23. The van der Waals surface area contributed by atoms with Crippen molar-refractivity contribution in [3.8, 4) is 0 Å². The number of H-pyrrole nitrogens is 1. The molecule has 2 N–H and O–H groups in total. The van der Waals surface area contributed by atoms with Gasteiger partial charge in [0.25, 0.3) is 0 Å². The normalized spacial score (nSPS) is 13.7. The Morgan fingerprint density at radius 3 is 2.55 bits per heavy atom. The van der Waals surface area contributed by atoms with Crippen LogP contribution in [0.4, 0.5) is 0 Å². The van der Waals surface area contributed by atoms with E-state index in [1.165, 1.54) is 6.92 Å². The van der Waals surface area contributed by atoms with Crippen LogP contribution >= 0.6 is 0 Å². The van der Waals surface area contributed by atoms with Crippen LogP contribution in [0.2, 0.25) is 18.1 Å². The number of aromatic amines is 1. The summed E-state index contributed by atoms with van der Waals surface area (Å²) in [5.41, 5.74) is 0.755. The zero-order valence-corrected chi connectivity index (χ0v) is 15.4. The van der Waals surface area contributed by atoms with E-state index in [2.05, 4.69) is 44.2 Å². The first kappa shape index (κ1) is 18.6. The minimum atomic E-state index is -1.87. The van der Waals surface area contributed by atoms with Gasteiger partial charge in [0.05, 0.1) is 12.6 Å². The molecule has 1 amide bonds. The zero-order chi connectivity index (χ0) is 17.0. The zero-order valence-electron chi connectivity index (χ0n) is 14.4. The number of pyridine rings is 1. The maximum absolute atomic E-state index is 11.4. The Labute approximate surface area is 133 Å². The first-order valence-corrected chi connectivity index (χ1v) is 10.5. The van der Waals surface area contributed by atoms with Crippen LogP contribution in [0.25, 0.3) is 0 Å². The molecule has 1 aromatic heterocycles. The molecule has 0 spiro atoms. The predicted molar refractivity (Wildman–Crippen MR) is 91.5 cm³/mol. The number of carbonyl (C=O) groups is 1. The molecule has 5 nitrogen and oxygen atoms in total. The molecule has 0 radical (unpaired) electrons. The Bertz CT molecular complexity index is 561. The van der Waals surface area contributed by atoms with E-state index in [1.807, 2.05) is 6.07 Å². The van der Waals surface area contributed by atoms with Gasteiger partial charge in [-0.05, 0) is 36.2 Å². The molecule has 1 unspecified atom stereocenters. The maximum atomic E-state index is 11.4. The van der Waals surface area contributed by atoms with Crippen LogP contribution in [0.5, 0.6) is 0 Å². The van der Waals surface area contributed by atoms with E-state index in [0.717, 1.165) is 5.56 Å². The molecule has 1 rings (SSSR count).